The average molecular weight is 299 g/mol. The Balaban J connectivity index is 2.21. The van der Waals surface area contributed by atoms with Gasteiger partial charge in [-0.05, 0) is 6.07 Å². The van der Waals surface area contributed by atoms with Gasteiger partial charge in [-0.25, -0.2) is 9.97 Å². The molecule has 0 bridgehead atoms. The number of nitrogens with two attached hydrogens (primary N) is 1. The molecule has 0 saturated heterocycles. The zero-order chi connectivity index (χ0) is 14.8. The van der Waals surface area contributed by atoms with E-state index in [1.54, 1.807) is 6.07 Å². The normalized spacial score (nSPS) is 10.5. The molecule has 0 aliphatic carbocycles. The molecule has 5 nitrogen and oxygen atoms in total. The van der Waals surface area contributed by atoms with Crippen molar-refractivity contribution in [2.45, 2.75) is 0 Å². The second-order valence-electron chi connectivity index (χ2n) is 4.38. The first-order chi connectivity index (χ1) is 10.1. The zero-order valence-electron chi connectivity index (χ0n) is 10.9. The topological polar surface area (TPSA) is 84.9 Å². The van der Waals surface area contributed by atoms with Crippen LogP contribution < -0.4 is 5.73 Å². The van der Waals surface area contributed by atoms with Crippen LogP contribution in [0.3, 0.4) is 0 Å². The number of rotatable bonds is 2. The number of hydrogen-bond acceptors (Lipinski definition) is 5. The van der Waals surface area contributed by atoms with E-state index in [-0.39, 0.29) is 10.8 Å². The lowest BCUT2D eigenvalue weighted by molar-refractivity contribution is 0.473. The molecule has 2 heterocycles. The zero-order valence-corrected chi connectivity index (χ0v) is 11.6. The molecule has 3 N–H and O–H groups in total. The molecule has 2 aromatic heterocycles. The maximum absolute atomic E-state index is 9.47. The van der Waals surface area contributed by atoms with E-state index >= 15 is 0 Å². The van der Waals surface area contributed by atoms with E-state index in [1.165, 1.54) is 12.4 Å². The molecule has 0 unspecified atom stereocenters. The van der Waals surface area contributed by atoms with E-state index < -0.39 is 0 Å². The number of aromatic hydroxyl groups is 1. The average Bonchev–Trinajstić information content (AvgIpc) is 2.51. The van der Waals surface area contributed by atoms with Gasteiger partial charge in [0.15, 0.2) is 5.75 Å². The van der Waals surface area contributed by atoms with Gasteiger partial charge < -0.3 is 10.8 Å². The maximum atomic E-state index is 9.47. The number of halogens is 1. The van der Waals surface area contributed by atoms with Gasteiger partial charge in [0.25, 0.3) is 0 Å². The third kappa shape index (κ3) is 2.64. The molecule has 104 valence electrons. The van der Waals surface area contributed by atoms with Crippen molar-refractivity contribution in [1.82, 2.24) is 15.0 Å². The minimum absolute atomic E-state index is 0.0786. The van der Waals surface area contributed by atoms with Crippen LogP contribution >= 0.6 is 11.6 Å². The fourth-order valence-corrected chi connectivity index (χ4v) is 2.09. The van der Waals surface area contributed by atoms with Crippen LogP contribution in [0.5, 0.6) is 5.75 Å². The lowest BCUT2D eigenvalue weighted by atomic mass is 10.1. The molecule has 0 aliphatic heterocycles. The fraction of sp³-hybridized carbons (Fsp3) is 0. The van der Waals surface area contributed by atoms with E-state index in [9.17, 15) is 5.11 Å². The number of aromatic nitrogens is 3. The number of benzene rings is 1. The predicted octanol–water partition coefficient (Wildman–Crippen LogP) is 3.15. The summed E-state index contributed by atoms with van der Waals surface area (Å²) in [5, 5.41) is 9.68. The lowest BCUT2D eigenvalue weighted by Crippen LogP contribution is -1.99. The van der Waals surface area contributed by atoms with Gasteiger partial charge in [-0.15, -0.1) is 0 Å². The van der Waals surface area contributed by atoms with Gasteiger partial charge in [0.1, 0.15) is 17.2 Å². The van der Waals surface area contributed by atoms with Gasteiger partial charge in [-0.3, -0.25) is 4.98 Å². The molecule has 3 rings (SSSR count). The molecule has 0 aliphatic rings. The second-order valence-corrected chi connectivity index (χ2v) is 4.79. The van der Waals surface area contributed by atoms with Crippen molar-refractivity contribution in [2.24, 2.45) is 0 Å². The lowest BCUT2D eigenvalue weighted by Gasteiger charge is -2.09. The Morgan fingerprint density at radius 2 is 1.76 bits per heavy atom. The highest BCUT2D eigenvalue weighted by Gasteiger charge is 2.14. The number of nitrogens with zero attached hydrogens (tertiary/aromatic N) is 3. The summed E-state index contributed by atoms with van der Waals surface area (Å²) in [6.07, 6.45) is 2.74. The Morgan fingerprint density at radius 1 is 1.00 bits per heavy atom. The van der Waals surface area contributed by atoms with Crippen molar-refractivity contribution in [2.75, 3.05) is 5.73 Å². The van der Waals surface area contributed by atoms with Gasteiger partial charge >= 0.3 is 0 Å². The summed E-state index contributed by atoms with van der Waals surface area (Å²) in [6.45, 7) is 0. The number of pyridine rings is 1. The van der Waals surface area contributed by atoms with Crippen molar-refractivity contribution in [3.05, 3.63) is 53.8 Å². The summed E-state index contributed by atoms with van der Waals surface area (Å²) in [7, 11) is 0. The van der Waals surface area contributed by atoms with Crippen molar-refractivity contribution >= 4 is 17.4 Å². The van der Waals surface area contributed by atoms with Crippen molar-refractivity contribution in [1.29, 1.82) is 0 Å². The van der Waals surface area contributed by atoms with Gasteiger partial charge in [0.05, 0.1) is 23.1 Å². The number of hydrogen-bond donors (Lipinski definition) is 2. The van der Waals surface area contributed by atoms with E-state index in [0.717, 1.165) is 5.56 Å². The van der Waals surface area contributed by atoms with Crippen LogP contribution in [0, 0.1) is 0 Å². The molecule has 0 fully saturated rings. The summed E-state index contributed by atoms with van der Waals surface area (Å²) in [5.41, 5.74) is 8.30. The van der Waals surface area contributed by atoms with Crippen LogP contribution in [-0.4, -0.2) is 20.1 Å². The summed E-state index contributed by atoms with van der Waals surface area (Å²) < 4.78 is 0. The standard InChI is InChI=1S/C15H11ClN4O/c16-10-6-11(18-7-12(10)21)15-14(20-13(17)8-19-15)9-4-2-1-3-5-9/h1-8,21H,(H2,17,20). The summed E-state index contributed by atoms with van der Waals surface area (Å²) in [4.78, 5) is 12.8. The highest BCUT2D eigenvalue weighted by Crippen LogP contribution is 2.31. The molecular formula is C15H11ClN4O. The molecule has 21 heavy (non-hydrogen) atoms. The van der Waals surface area contributed by atoms with Crippen LogP contribution in [0.1, 0.15) is 0 Å². The summed E-state index contributed by atoms with van der Waals surface area (Å²) >= 11 is 5.93. The molecule has 0 amide bonds. The molecule has 1 aromatic carbocycles. The van der Waals surface area contributed by atoms with Gasteiger partial charge in [-0.2, -0.15) is 0 Å². The Labute approximate surface area is 126 Å². The minimum Gasteiger partial charge on any atom is -0.505 e. The maximum Gasteiger partial charge on any atom is 0.152 e. The van der Waals surface area contributed by atoms with Crippen molar-refractivity contribution in [3.63, 3.8) is 0 Å². The summed E-state index contributed by atoms with van der Waals surface area (Å²) in [6, 6.07) is 11.1. The van der Waals surface area contributed by atoms with E-state index in [1.807, 2.05) is 30.3 Å². The highest BCUT2D eigenvalue weighted by molar-refractivity contribution is 6.32. The smallest absolute Gasteiger partial charge is 0.152 e. The quantitative estimate of drug-likeness (QED) is 0.759. The number of nitrogen functional groups attached to an aromatic ring is 1. The van der Waals surface area contributed by atoms with Crippen molar-refractivity contribution < 1.29 is 5.11 Å². The Hall–Kier alpha value is -2.66. The second kappa shape index (κ2) is 5.38. The largest absolute Gasteiger partial charge is 0.505 e. The molecule has 0 radical (unpaired) electrons. The first-order valence-corrected chi connectivity index (χ1v) is 6.56. The Morgan fingerprint density at radius 3 is 2.48 bits per heavy atom. The van der Waals surface area contributed by atoms with Gasteiger partial charge in [0.2, 0.25) is 0 Å². The molecule has 3 aromatic rings. The first kappa shape index (κ1) is 13.3. The van der Waals surface area contributed by atoms with E-state index in [0.29, 0.717) is 22.9 Å². The monoisotopic (exact) mass is 298 g/mol. The third-order valence-electron chi connectivity index (χ3n) is 2.92. The van der Waals surface area contributed by atoms with E-state index in [4.69, 9.17) is 17.3 Å². The fourth-order valence-electron chi connectivity index (χ4n) is 1.94. The van der Waals surface area contributed by atoms with Crippen LogP contribution in [0.4, 0.5) is 5.82 Å². The predicted molar refractivity (Wildman–Crippen MR) is 81.8 cm³/mol. The third-order valence-corrected chi connectivity index (χ3v) is 3.22. The first-order valence-electron chi connectivity index (χ1n) is 6.18. The minimum atomic E-state index is -0.0786. The number of anilines is 1. The van der Waals surface area contributed by atoms with Gasteiger partial charge in [0, 0.05) is 5.56 Å². The van der Waals surface area contributed by atoms with Crippen LogP contribution in [0.25, 0.3) is 22.6 Å². The Bertz CT molecular complexity index is 793. The van der Waals surface area contributed by atoms with Gasteiger partial charge in [-0.1, -0.05) is 41.9 Å². The van der Waals surface area contributed by atoms with E-state index in [2.05, 4.69) is 15.0 Å². The summed E-state index contributed by atoms with van der Waals surface area (Å²) in [5.74, 6) is 0.243. The highest BCUT2D eigenvalue weighted by atomic mass is 35.5. The molecular weight excluding hydrogens is 288 g/mol. The van der Waals surface area contributed by atoms with Crippen molar-refractivity contribution in [3.8, 4) is 28.4 Å². The molecule has 6 heteroatoms. The molecule has 0 spiro atoms. The molecule has 0 saturated carbocycles. The SMILES string of the molecule is Nc1cnc(-c2cc(Cl)c(O)cn2)c(-c2ccccc2)n1. The van der Waals surface area contributed by atoms with Crippen LogP contribution in [0.2, 0.25) is 5.02 Å². The Kier molecular flexibility index (Phi) is 3.41. The van der Waals surface area contributed by atoms with Crippen LogP contribution in [-0.2, 0) is 0 Å². The molecule has 0 atom stereocenters. The van der Waals surface area contributed by atoms with Crippen LogP contribution in [0.15, 0.2) is 48.8 Å².